The van der Waals surface area contributed by atoms with Crippen LogP contribution in [-0.4, -0.2) is 43.1 Å². The Morgan fingerprint density at radius 1 is 0.676 bits per heavy atom. The molecule has 6 nitrogen and oxygen atoms in total. The number of rotatable bonds is 0. The maximum absolute atomic E-state index is 6.15. The lowest BCUT2D eigenvalue weighted by atomic mass is 10.2. The predicted octanol–water partition coefficient (Wildman–Crippen LogP) is 4.14. The topological polar surface area (TPSA) is 58.7 Å². The number of ether oxygens (including phenoxy) is 2. The fourth-order valence-corrected chi connectivity index (χ4v) is 4.08. The van der Waals surface area contributed by atoms with E-state index in [-0.39, 0.29) is 0 Å². The summed E-state index contributed by atoms with van der Waals surface area (Å²) in [5.74, 6) is 1.80. The number of benzene rings is 2. The molecule has 1 aromatic heterocycles. The van der Waals surface area contributed by atoms with Crippen LogP contribution in [0.4, 0.5) is 0 Å². The van der Waals surface area contributed by atoms with Crippen molar-refractivity contribution in [2.24, 2.45) is 0 Å². The molecular weight excluding hydrogens is 424 g/mol. The minimum absolute atomic E-state index is 0.427. The van der Waals surface area contributed by atoms with Crippen molar-refractivity contribution in [3.63, 3.8) is 0 Å². The molecule has 1 aliphatic heterocycles. The molecule has 6 heteroatoms. The van der Waals surface area contributed by atoms with Gasteiger partial charge in [-0.2, -0.15) is 0 Å². The van der Waals surface area contributed by atoms with Crippen molar-refractivity contribution in [1.29, 1.82) is 0 Å². The summed E-state index contributed by atoms with van der Waals surface area (Å²) < 4.78 is 12.3. The number of fused-ring (bicyclic) bond motifs is 4. The number of nitrogens with one attached hydrogen (secondary N) is 2. The monoisotopic (exact) mass is 460 g/mol. The molecule has 34 heavy (non-hydrogen) atoms. The Hall–Kier alpha value is -2.93. The Bertz CT molecular complexity index is 950. The van der Waals surface area contributed by atoms with Crippen LogP contribution in [0.2, 0.25) is 0 Å². The van der Waals surface area contributed by atoms with Gasteiger partial charge in [-0.3, -0.25) is 4.98 Å². The van der Waals surface area contributed by atoms with E-state index in [2.05, 4.69) is 46.8 Å². The summed E-state index contributed by atoms with van der Waals surface area (Å²) >= 11 is 0. The van der Waals surface area contributed by atoms with E-state index in [1.165, 1.54) is 11.1 Å². The summed E-state index contributed by atoms with van der Waals surface area (Å²) in [6.07, 6.45) is 2.24. The first-order chi connectivity index (χ1) is 16.8. The quantitative estimate of drug-likeness (QED) is 0.526. The first-order valence-electron chi connectivity index (χ1n) is 12.2. The SMILES string of the molecule is CN1CCCNCc2ccccc2OCc2cccc(n2)COc2ccccc2CNCCC1. The third-order valence-corrected chi connectivity index (χ3v) is 5.98. The van der Waals surface area contributed by atoms with Gasteiger partial charge in [0.05, 0.1) is 11.4 Å². The van der Waals surface area contributed by atoms with Crippen molar-refractivity contribution < 1.29 is 9.47 Å². The smallest absolute Gasteiger partial charge is 0.130 e. The molecule has 0 amide bonds. The number of hydrogen-bond donors (Lipinski definition) is 2. The summed E-state index contributed by atoms with van der Waals surface area (Å²) in [5.41, 5.74) is 4.12. The molecule has 0 radical (unpaired) electrons. The van der Waals surface area contributed by atoms with Gasteiger partial charge in [-0.25, -0.2) is 0 Å². The molecule has 2 bridgehead atoms. The van der Waals surface area contributed by atoms with Crippen LogP contribution < -0.4 is 20.1 Å². The van der Waals surface area contributed by atoms with Gasteiger partial charge in [-0.1, -0.05) is 42.5 Å². The largest absolute Gasteiger partial charge is 0.487 e. The Morgan fingerprint density at radius 3 is 1.71 bits per heavy atom. The van der Waals surface area contributed by atoms with Gasteiger partial charge < -0.3 is 25.0 Å². The van der Waals surface area contributed by atoms with Crippen molar-refractivity contribution in [2.75, 3.05) is 33.2 Å². The minimum Gasteiger partial charge on any atom is -0.487 e. The van der Waals surface area contributed by atoms with Gasteiger partial charge >= 0.3 is 0 Å². The highest BCUT2D eigenvalue weighted by Gasteiger charge is 2.08. The summed E-state index contributed by atoms with van der Waals surface area (Å²) in [6, 6.07) is 22.5. The second-order valence-electron chi connectivity index (χ2n) is 8.78. The third kappa shape index (κ3) is 7.55. The number of pyridine rings is 1. The van der Waals surface area contributed by atoms with E-state index in [9.17, 15) is 0 Å². The standard InChI is InChI=1S/C28H36N4O2/c1-32-17-7-15-29-19-23-9-2-4-13-27(23)33-21-25-11-6-12-26(31-25)22-34-28-14-5-3-10-24(28)20-30-16-8-18-32/h2-6,9-14,29-30H,7-8,15-22H2,1H3. The zero-order valence-corrected chi connectivity index (χ0v) is 20.1. The highest BCUT2D eigenvalue weighted by atomic mass is 16.5. The van der Waals surface area contributed by atoms with Gasteiger partial charge in [0.15, 0.2) is 0 Å². The van der Waals surface area contributed by atoms with Crippen LogP contribution in [0.25, 0.3) is 0 Å². The maximum atomic E-state index is 6.15. The van der Waals surface area contributed by atoms with Crippen molar-refractivity contribution in [2.45, 2.75) is 39.1 Å². The molecule has 2 aromatic carbocycles. The van der Waals surface area contributed by atoms with Gasteiger partial charge in [-0.15, -0.1) is 0 Å². The molecule has 0 atom stereocenters. The first kappa shape index (κ1) is 24.2. The summed E-state index contributed by atoms with van der Waals surface area (Å²) in [5, 5.41) is 7.13. The Morgan fingerprint density at radius 2 is 1.18 bits per heavy atom. The molecule has 2 N–H and O–H groups in total. The van der Waals surface area contributed by atoms with E-state index in [4.69, 9.17) is 14.5 Å². The number of nitrogens with zero attached hydrogens (tertiary/aromatic N) is 2. The van der Waals surface area contributed by atoms with Crippen LogP contribution in [0.3, 0.4) is 0 Å². The lowest BCUT2D eigenvalue weighted by molar-refractivity contribution is 0.285. The number of aromatic nitrogens is 1. The van der Waals surface area contributed by atoms with E-state index in [1.54, 1.807) is 0 Å². The average Bonchev–Trinajstić information content (AvgIpc) is 2.87. The van der Waals surface area contributed by atoms with Crippen LogP contribution >= 0.6 is 0 Å². The molecule has 0 fully saturated rings. The van der Waals surface area contributed by atoms with E-state index in [0.717, 1.165) is 75.0 Å². The number of para-hydroxylation sites is 2. The van der Waals surface area contributed by atoms with Gasteiger partial charge in [0.25, 0.3) is 0 Å². The van der Waals surface area contributed by atoms with Gasteiger partial charge in [0, 0.05) is 24.2 Å². The van der Waals surface area contributed by atoms with Crippen LogP contribution in [-0.2, 0) is 26.3 Å². The molecule has 0 aliphatic carbocycles. The van der Waals surface area contributed by atoms with Crippen LogP contribution in [0, 0.1) is 0 Å². The molecule has 0 saturated carbocycles. The van der Waals surface area contributed by atoms with Gasteiger partial charge in [0.1, 0.15) is 24.7 Å². The average molecular weight is 461 g/mol. The minimum atomic E-state index is 0.427. The summed E-state index contributed by atoms with van der Waals surface area (Å²) in [6.45, 7) is 6.59. The summed E-state index contributed by atoms with van der Waals surface area (Å²) in [4.78, 5) is 7.16. The molecule has 180 valence electrons. The van der Waals surface area contributed by atoms with E-state index in [0.29, 0.717) is 13.2 Å². The number of hydrogen-bond acceptors (Lipinski definition) is 6. The third-order valence-electron chi connectivity index (χ3n) is 5.98. The molecular formula is C28H36N4O2. The molecule has 2 heterocycles. The molecule has 0 unspecified atom stereocenters. The first-order valence-corrected chi connectivity index (χ1v) is 12.2. The van der Waals surface area contributed by atoms with Crippen molar-refractivity contribution in [3.05, 3.63) is 89.2 Å². The maximum Gasteiger partial charge on any atom is 0.130 e. The molecule has 1 aliphatic rings. The van der Waals surface area contributed by atoms with E-state index >= 15 is 0 Å². The summed E-state index contributed by atoms with van der Waals surface area (Å²) in [7, 11) is 2.20. The lowest BCUT2D eigenvalue weighted by Crippen LogP contribution is -2.27. The Balaban J connectivity index is 1.46. The van der Waals surface area contributed by atoms with Crippen molar-refractivity contribution >= 4 is 0 Å². The zero-order valence-electron chi connectivity index (χ0n) is 20.1. The Labute approximate surface area is 203 Å². The molecule has 0 saturated heterocycles. The second kappa shape index (κ2) is 13.1. The second-order valence-corrected chi connectivity index (χ2v) is 8.78. The Kier molecular flexibility index (Phi) is 9.31. The molecule has 3 aromatic rings. The molecule has 4 rings (SSSR count). The van der Waals surface area contributed by atoms with Crippen LogP contribution in [0.15, 0.2) is 66.7 Å². The van der Waals surface area contributed by atoms with Gasteiger partial charge in [0.2, 0.25) is 0 Å². The van der Waals surface area contributed by atoms with E-state index in [1.807, 2.05) is 42.5 Å². The molecule has 0 spiro atoms. The fraction of sp³-hybridized carbons (Fsp3) is 0.393. The lowest BCUT2D eigenvalue weighted by Gasteiger charge is -2.18. The van der Waals surface area contributed by atoms with Gasteiger partial charge in [-0.05, 0) is 70.3 Å². The highest BCUT2D eigenvalue weighted by Crippen LogP contribution is 2.21. The van der Waals surface area contributed by atoms with Crippen LogP contribution in [0.5, 0.6) is 11.5 Å². The predicted molar refractivity (Wildman–Crippen MR) is 136 cm³/mol. The highest BCUT2D eigenvalue weighted by molar-refractivity contribution is 5.34. The van der Waals surface area contributed by atoms with Crippen LogP contribution in [0.1, 0.15) is 35.4 Å². The van der Waals surface area contributed by atoms with Crippen molar-refractivity contribution in [3.8, 4) is 11.5 Å². The normalized spacial score (nSPS) is 17.1. The van der Waals surface area contributed by atoms with E-state index < -0.39 is 0 Å². The zero-order chi connectivity index (χ0) is 23.4. The van der Waals surface area contributed by atoms with Crippen molar-refractivity contribution in [1.82, 2.24) is 20.5 Å². The fourth-order valence-electron chi connectivity index (χ4n) is 4.08.